The van der Waals surface area contributed by atoms with Crippen molar-refractivity contribution in [3.8, 4) is 0 Å². The summed E-state index contributed by atoms with van der Waals surface area (Å²) < 4.78 is 0. The number of hydrogen-bond donors (Lipinski definition) is 0. The van der Waals surface area contributed by atoms with Gasteiger partial charge in [-0.15, -0.1) is 0 Å². The molecule has 0 N–H and O–H groups in total. The van der Waals surface area contributed by atoms with E-state index in [-0.39, 0.29) is 17.7 Å². The van der Waals surface area contributed by atoms with E-state index in [1.807, 2.05) is 24.3 Å². The van der Waals surface area contributed by atoms with Crippen molar-refractivity contribution in [3.63, 3.8) is 0 Å². The number of carbonyl (C=O) groups is 4. The number of imide groups is 1. The minimum absolute atomic E-state index is 0.183. The molecule has 0 bridgehead atoms. The maximum Gasteiger partial charge on any atom is 0.261 e. The van der Waals surface area contributed by atoms with Gasteiger partial charge in [0.1, 0.15) is 0 Å². The fraction of sp³-hybridized carbons (Fsp3) is 0.111. The Morgan fingerprint density at radius 2 is 1.21 bits per heavy atom. The van der Waals surface area contributed by atoms with Gasteiger partial charge in [0, 0.05) is 54.2 Å². The maximum atomic E-state index is 13.0. The second-order valence-electron chi connectivity index (χ2n) is 8.67. The molecular weight excluding hydrogens is 416 g/mol. The Kier molecular flexibility index (Phi) is 3.73. The summed E-state index contributed by atoms with van der Waals surface area (Å²) in [7, 11) is 4.86. The molecule has 33 heavy (non-hydrogen) atoms. The summed E-state index contributed by atoms with van der Waals surface area (Å²) in [6, 6.07) is 14.6. The molecule has 6 heteroatoms. The molecule has 0 saturated heterocycles. The Balaban J connectivity index is 1.90. The van der Waals surface area contributed by atoms with Crippen molar-refractivity contribution in [1.82, 2.24) is 9.80 Å². The Morgan fingerprint density at radius 3 is 1.73 bits per heavy atom. The monoisotopic (exact) mass is 434 g/mol. The van der Waals surface area contributed by atoms with Gasteiger partial charge in [-0.2, -0.15) is 0 Å². The quantitative estimate of drug-likeness (QED) is 0.178. The van der Waals surface area contributed by atoms with Crippen LogP contribution in [0.1, 0.15) is 41.4 Å². The van der Waals surface area contributed by atoms with Gasteiger partial charge in [-0.3, -0.25) is 24.1 Å². The van der Waals surface area contributed by atoms with Crippen molar-refractivity contribution < 1.29 is 19.2 Å². The van der Waals surface area contributed by atoms with E-state index in [2.05, 4.69) is 0 Å². The Morgan fingerprint density at radius 1 is 0.727 bits per heavy atom. The zero-order valence-corrected chi connectivity index (χ0v) is 18.2. The largest absolute Gasteiger partial charge is 0.345 e. The predicted octanol–water partition coefficient (Wildman–Crippen LogP) is 4.48. The third-order valence-corrected chi connectivity index (χ3v) is 6.77. The first-order chi connectivity index (χ1) is 15.8. The van der Waals surface area contributed by atoms with Gasteiger partial charge in [-0.1, -0.05) is 30.3 Å². The molecule has 3 amide bonds. The molecule has 0 aromatic heterocycles. The molecule has 6 rings (SSSR count). The van der Waals surface area contributed by atoms with Crippen molar-refractivity contribution in [2.24, 2.45) is 0 Å². The average Bonchev–Trinajstić information content (AvgIpc) is 2.83. The molecule has 1 aliphatic rings. The molecule has 1 aliphatic heterocycles. The van der Waals surface area contributed by atoms with E-state index in [0.717, 1.165) is 43.5 Å². The lowest BCUT2D eigenvalue weighted by Gasteiger charge is -2.26. The second kappa shape index (κ2) is 6.36. The number of nitrogens with zero attached hydrogens (tertiary/aromatic N) is 2. The molecule has 5 aromatic carbocycles. The van der Waals surface area contributed by atoms with Crippen LogP contribution in [-0.4, -0.2) is 55.0 Å². The first-order valence-electron chi connectivity index (χ1n) is 10.5. The Bertz CT molecular complexity index is 1660. The highest BCUT2D eigenvalue weighted by molar-refractivity contribution is 6.39. The number of aldehydes is 1. The maximum absolute atomic E-state index is 13.0. The number of carbonyl (C=O) groups excluding carboxylic acids is 4. The fourth-order valence-electron chi connectivity index (χ4n) is 5.24. The highest BCUT2D eigenvalue weighted by Gasteiger charge is 2.32. The molecule has 0 aliphatic carbocycles. The number of fused-ring (bicyclic) bond motifs is 2. The van der Waals surface area contributed by atoms with Crippen LogP contribution in [0.15, 0.2) is 48.5 Å². The van der Waals surface area contributed by atoms with Crippen LogP contribution in [0.5, 0.6) is 0 Å². The van der Waals surface area contributed by atoms with Gasteiger partial charge < -0.3 is 4.90 Å². The number of rotatable bonds is 2. The minimum Gasteiger partial charge on any atom is -0.345 e. The summed E-state index contributed by atoms with van der Waals surface area (Å²) in [5.41, 5.74) is 1.90. The predicted molar refractivity (Wildman–Crippen MR) is 127 cm³/mol. The molecule has 1 heterocycles. The summed E-state index contributed by atoms with van der Waals surface area (Å²) in [5, 5.41) is 6.44. The van der Waals surface area contributed by atoms with Gasteiger partial charge in [0.05, 0.1) is 0 Å². The number of hydrogen-bond acceptors (Lipinski definition) is 4. The standard InChI is InChI=1S/C27H18N2O4/c1-28(2)25(31)18-9-6-15-17-8-11-20-24-19(26(32)29(3)27(20)33)10-7-16(23(17)24)14-5-4-13(12-30)21(18)22(14)15/h4-12H,1-3H3. The molecule has 160 valence electrons. The van der Waals surface area contributed by atoms with Gasteiger partial charge in [0.2, 0.25) is 0 Å². The summed E-state index contributed by atoms with van der Waals surface area (Å²) in [6.07, 6.45) is 0.776. The van der Waals surface area contributed by atoms with Crippen LogP contribution in [0.3, 0.4) is 0 Å². The van der Waals surface area contributed by atoms with Crippen LogP contribution in [-0.2, 0) is 0 Å². The SMILES string of the molecule is CN(C)C(=O)c1ccc2c3ccc4c5c(ccc(c6ccc(C=O)c1c62)c53)C(=O)N(C)C4=O. The Hall–Kier alpha value is -4.32. The van der Waals surface area contributed by atoms with E-state index in [4.69, 9.17) is 0 Å². The first kappa shape index (κ1) is 19.4. The van der Waals surface area contributed by atoms with Crippen LogP contribution < -0.4 is 0 Å². The second-order valence-corrected chi connectivity index (χ2v) is 8.67. The average molecular weight is 434 g/mol. The van der Waals surface area contributed by atoms with Crippen molar-refractivity contribution >= 4 is 67.1 Å². The molecule has 0 saturated carbocycles. The van der Waals surface area contributed by atoms with Gasteiger partial charge >= 0.3 is 0 Å². The minimum atomic E-state index is -0.324. The van der Waals surface area contributed by atoms with Crippen molar-refractivity contribution in [2.75, 3.05) is 21.1 Å². The summed E-state index contributed by atoms with van der Waals surface area (Å²) in [4.78, 5) is 53.3. The van der Waals surface area contributed by atoms with E-state index in [9.17, 15) is 19.2 Å². The van der Waals surface area contributed by atoms with Crippen molar-refractivity contribution in [2.45, 2.75) is 0 Å². The van der Waals surface area contributed by atoms with Crippen LogP contribution in [0.25, 0.3) is 43.1 Å². The highest BCUT2D eigenvalue weighted by Crippen LogP contribution is 2.44. The van der Waals surface area contributed by atoms with E-state index >= 15 is 0 Å². The van der Waals surface area contributed by atoms with Crippen LogP contribution >= 0.6 is 0 Å². The lowest BCUT2D eigenvalue weighted by Crippen LogP contribution is -2.36. The molecule has 5 aromatic rings. The molecule has 0 atom stereocenters. The molecule has 6 nitrogen and oxygen atoms in total. The number of amides is 3. The first-order valence-corrected chi connectivity index (χ1v) is 10.5. The molecule has 0 spiro atoms. The van der Waals surface area contributed by atoms with Crippen LogP contribution in [0, 0.1) is 0 Å². The van der Waals surface area contributed by atoms with Gasteiger partial charge in [-0.25, -0.2) is 0 Å². The third kappa shape index (κ3) is 2.27. The van der Waals surface area contributed by atoms with E-state index in [1.54, 1.807) is 38.4 Å². The van der Waals surface area contributed by atoms with E-state index in [0.29, 0.717) is 33.0 Å². The molecule has 0 radical (unpaired) electrons. The van der Waals surface area contributed by atoms with Gasteiger partial charge in [0.15, 0.2) is 6.29 Å². The third-order valence-electron chi connectivity index (χ3n) is 6.77. The van der Waals surface area contributed by atoms with E-state index < -0.39 is 0 Å². The van der Waals surface area contributed by atoms with Gasteiger partial charge in [0.25, 0.3) is 17.7 Å². The zero-order valence-electron chi connectivity index (χ0n) is 18.2. The molecule has 0 unspecified atom stereocenters. The van der Waals surface area contributed by atoms with Crippen molar-refractivity contribution in [3.05, 3.63) is 70.8 Å². The highest BCUT2D eigenvalue weighted by atomic mass is 16.2. The van der Waals surface area contributed by atoms with Crippen molar-refractivity contribution in [1.29, 1.82) is 0 Å². The van der Waals surface area contributed by atoms with Gasteiger partial charge in [-0.05, 0) is 50.5 Å². The fourth-order valence-corrected chi connectivity index (χ4v) is 5.24. The molecular formula is C27H18N2O4. The normalized spacial score (nSPS) is 13.6. The Labute approximate surface area is 188 Å². The smallest absolute Gasteiger partial charge is 0.261 e. The lowest BCUT2D eigenvalue weighted by molar-refractivity contribution is 0.0650. The van der Waals surface area contributed by atoms with Crippen LogP contribution in [0.4, 0.5) is 0 Å². The topological polar surface area (TPSA) is 74.8 Å². The summed E-state index contributed by atoms with van der Waals surface area (Å²) in [5.74, 6) is -0.831. The zero-order chi connectivity index (χ0) is 23.2. The summed E-state index contributed by atoms with van der Waals surface area (Å²) >= 11 is 0. The van der Waals surface area contributed by atoms with E-state index in [1.165, 1.54) is 11.9 Å². The van der Waals surface area contributed by atoms with Crippen LogP contribution in [0.2, 0.25) is 0 Å². The lowest BCUT2D eigenvalue weighted by atomic mass is 9.83. The molecule has 0 fully saturated rings. The summed E-state index contributed by atoms with van der Waals surface area (Å²) in [6.45, 7) is 0. The number of benzene rings is 5.